The minimum Gasteiger partial charge on any atom is -0.494 e. The molecule has 0 saturated carbocycles. The Bertz CT molecular complexity index is 640. The molecule has 0 bridgehead atoms. The third kappa shape index (κ3) is 2.42. The molecular formula is C14H14BrNO3. The normalized spacial score (nSPS) is 10.5. The zero-order valence-corrected chi connectivity index (χ0v) is 12.6. The van der Waals surface area contributed by atoms with E-state index in [4.69, 9.17) is 9.47 Å². The quantitative estimate of drug-likeness (QED) is 0.811. The highest BCUT2D eigenvalue weighted by Gasteiger charge is 2.18. The first-order valence-electron chi connectivity index (χ1n) is 5.90. The molecule has 1 aromatic heterocycles. The average molecular weight is 324 g/mol. The second-order valence-electron chi connectivity index (χ2n) is 3.98. The van der Waals surface area contributed by atoms with Crippen LogP contribution in [0.15, 0.2) is 22.7 Å². The van der Waals surface area contributed by atoms with Crippen molar-refractivity contribution in [1.82, 2.24) is 4.98 Å². The van der Waals surface area contributed by atoms with E-state index >= 15 is 0 Å². The number of halogens is 1. The summed E-state index contributed by atoms with van der Waals surface area (Å²) in [5, 5.41) is 0.907. The van der Waals surface area contributed by atoms with Gasteiger partial charge in [0.2, 0.25) is 0 Å². The molecular weight excluding hydrogens is 310 g/mol. The van der Waals surface area contributed by atoms with Gasteiger partial charge in [0.15, 0.2) is 5.69 Å². The van der Waals surface area contributed by atoms with Crippen LogP contribution in [0.25, 0.3) is 10.9 Å². The molecule has 100 valence electrons. The van der Waals surface area contributed by atoms with E-state index in [2.05, 4.69) is 20.9 Å². The summed E-state index contributed by atoms with van der Waals surface area (Å²) in [6.07, 6.45) is 0. The van der Waals surface area contributed by atoms with E-state index < -0.39 is 5.97 Å². The van der Waals surface area contributed by atoms with Crippen molar-refractivity contribution in [2.24, 2.45) is 0 Å². The average Bonchev–Trinajstić information content (AvgIpc) is 2.42. The van der Waals surface area contributed by atoms with Crippen molar-refractivity contribution in [2.45, 2.75) is 13.8 Å². The van der Waals surface area contributed by atoms with Gasteiger partial charge < -0.3 is 9.47 Å². The van der Waals surface area contributed by atoms with Crippen molar-refractivity contribution in [3.05, 3.63) is 33.9 Å². The van der Waals surface area contributed by atoms with E-state index in [1.165, 1.54) is 0 Å². The smallest absolute Gasteiger partial charge is 0.357 e. The number of fused-ring (bicyclic) bond motifs is 1. The van der Waals surface area contributed by atoms with Crippen molar-refractivity contribution in [2.75, 3.05) is 13.7 Å². The van der Waals surface area contributed by atoms with Crippen LogP contribution >= 0.6 is 15.9 Å². The number of aromatic nitrogens is 1. The minimum absolute atomic E-state index is 0.311. The van der Waals surface area contributed by atoms with Gasteiger partial charge in [-0.3, -0.25) is 0 Å². The molecule has 0 spiro atoms. The fourth-order valence-corrected chi connectivity index (χ4v) is 2.39. The first-order chi connectivity index (χ1) is 9.10. The standard InChI is InChI=1S/C14H14BrNO3/c1-4-19-14(17)12-8(2)11(15)9-6-5-7-10(18-3)13(9)16-12/h5-7H,4H2,1-3H3. The maximum atomic E-state index is 11.9. The van der Waals surface area contributed by atoms with Crippen molar-refractivity contribution in [1.29, 1.82) is 0 Å². The lowest BCUT2D eigenvalue weighted by atomic mass is 10.1. The third-order valence-corrected chi connectivity index (χ3v) is 3.85. The summed E-state index contributed by atoms with van der Waals surface area (Å²) < 4.78 is 11.1. The molecule has 0 saturated heterocycles. The molecule has 0 amide bonds. The second kappa shape index (κ2) is 5.57. The van der Waals surface area contributed by atoms with E-state index in [-0.39, 0.29) is 0 Å². The molecule has 0 aliphatic heterocycles. The van der Waals surface area contributed by atoms with Gasteiger partial charge in [-0.2, -0.15) is 0 Å². The predicted octanol–water partition coefficient (Wildman–Crippen LogP) is 3.49. The molecule has 0 atom stereocenters. The van der Waals surface area contributed by atoms with Crippen molar-refractivity contribution in [3.63, 3.8) is 0 Å². The van der Waals surface area contributed by atoms with Crippen LogP contribution in [-0.2, 0) is 4.74 Å². The maximum Gasteiger partial charge on any atom is 0.357 e. The van der Waals surface area contributed by atoms with Crippen LogP contribution in [0.3, 0.4) is 0 Å². The van der Waals surface area contributed by atoms with E-state index in [0.29, 0.717) is 23.6 Å². The summed E-state index contributed by atoms with van der Waals surface area (Å²) in [6.45, 7) is 3.92. The molecule has 0 unspecified atom stereocenters. The summed E-state index contributed by atoms with van der Waals surface area (Å²) in [5.41, 5.74) is 1.72. The SMILES string of the molecule is CCOC(=O)c1nc2c(OC)cccc2c(Br)c1C. The van der Waals surface area contributed by atoms with Crippen LogP contribution in [0.5, 0.6) is 5.75 Å². The molecule has 4 nitrogen and oxygen atoms in total. The molecule has 2 aromatic rings. The van der Waals surface area contributed by atoms with Gasteiger partial charge in [-0.15, -0.1) is 0 Å². The Kier molecular flexibility index (Phi) is 4.04. The van der Waals surface area contributed by atoms with E-state index in [0.717, 1.165) is 15.4 Å². The lowest BCUT2D eigenvalue weighted by Gasteiger charge is -2.11. The molecule has 19 heavy (non-hydrogen) atoms. The largest absolute Gasteiger partial charge is 0.494 e. The highest BCUT2D eigenvalue weighted by atomic mass is 79.9. The fourth-order valence-electron chi connectivity index (χ4n) is 1.88. The predicted molar refractivity (Wildman–Crippen MR) is 76.7 cm³/mol. The van der Waals surface area contributed by atoms with Crippen LogP contribution < -0.4 is 4.74 Å². The lowest BCUT2D eigenvalue weighted by molar-refractivity contribution is 0.0519. The van der Waals surface area contributed by atoms with E-state index in [9.17, 15) is 4.79 Å². The Labute approximate surface area is 119 Å². The number of methoxy groups -OCH3 is 1. The number of carbonyl (C=O) groups is 1. The van der Waals surface area contributed by atoms with Gasteiger partial charge in [-0.25, -0.2) is 9.78 Å². The molecule has 5 heteroatoms. The molecule has 0 fully saturated rings. The van der Waals surface area contributed by atoms with Crippen molar-refractivity contribution < 1.29 is 14.3 Å². The molecule has 1 aromatic carbocycles. The Balaban J connectivity index is 2.73. The third-order valence-electron chi connectivity index (χ3n) is 2.83. The number of hydrogen-bond acceptors (Lipinski definition) is 4. The number of para-hydroxylation sites is 1. The monoisotopic (exact) mass is 323 g/mol. The lowest BCUT2D eigenvalue weighted by Crippen LogP contribution is -2.10. The zero-order valence-electron chi connectivity index (χ0n) is 11.0. The Morgan fingerprint density at radius 1 is 1.42 bits per heavy atom. The van der Waals surface area contributed by atoms with Gasteiger partial charge in [0.05, 0.1) is 13.7 Å². The summed E-state index contributed by atoms with van der Waals surface area (Å²) in [7, 11) is 1.58. The van der Waals surface area contributed by atoms with E-state index in [1.807, 2.05) is 25.1 Å². The summed E-state index contributed by atoms with van der Waals surface area (Å²) >= 11 is 3.51. The minimum atomic E-state index is -0.423. The van der Waals surface area contributed by atoms with Crippen LogP contribution in [0, 0.1) is 6.92 Å². The van der Waals surface area contributed by atoms with Gasteiger partial charge >= 0.3 is 5.97 Å². The highest BCUT2D eigenvalue weighted by Crippen LogP contribution is 2.33. The fraction of sp³-hybridized carbons (Fsp3) is 0.286. The molecule has 0 aliphatic rings. The number of ether oxygens (including phenoxy) is 2. The number of rotatable bonds is 3. The molecule has 1 heterocycles. The maximum absolute atomic E-state index is 11.9. The molecule has 0 aliphatic carbocycles. The Morgan fingerprint density at radius 3 is 2.79 bits per heavy atom. The van der Waals surface area contributed by atoms with Crippen LogP contribution in [-0.4, -0.2) is 24.7 Å². The van der Waals surface area contributed by atoms with Crippen molar-refractivity contribution in [3.8, 4) is 5.75 Å². The highest BCUT2D eigenvalue weighted by molar-refractivity contribution is 9.10. The first kappa shape index (κ1) is 13.8. The molecule has 0 N–H and O–H groups in total. The topological polar surface area (TPSA) is 48.4 Å². The molecule has 0 radical (unpaired) electrons. The number of hydrogen-bond donors (Lipinski definition) is 0. The zero-order chi connectivity index (χ0) is 14.0. The second-order valence-corrected chi connectivity index (χ2v) is 4.77. The first-order valence-corrected chi connectivity index (χ1v) is 6.69. The number of nitrogens with zero attached hydrogens (tertiary/aromatic N) is 1. The summed E-state index contributed by atoms with van der Waals surface area (Å²) in [6, 6.07) is 5.62. The number of pyridine rings is 1. The van der Waals surface area contributed by atoms with Crippen LogP contribution in [0.2, 0.25) is 0 Å². The van der Waals surface area contributed by atoms with Crippen LogP contribution in [0.1, 0.15) is 23.0 Å². The van der Waals surface area contributed by atoms with Gasteiger partial charge in [-0.1, -0.05) is 12.1 Å². The summed E-state index contributed by atoms with van der Waals surface area (Å²) in [4.78, 5) is 16.3. The Hall–Kier alpha value is -1.62. The molecule has 2 rings (SSSR count). The summed E-state index contributed by atoms with van der Waals surface area (Å²) in [5.74, 6) is 0.206. The Morgan fingerprint density at radius 2 is 2.16 bits per heavy atom. The van der Waals surface area contributed by atoms with Crippen LogP contribution in [0.4, 0.5) is 0 Å². The van der Waals surface area contributed by atoms with Gasteiger partial charge in [0.25, 0.3) is 0 Å². The number of carbonyl (C=O) groups excluding carboxylic acids is 1. The van der Waals surface area contributed by atoms with Gasteiger partial charge in [0, 0.05) is 9.86 Å². The van der Waals surface area contributed by atoms with Gasteiger partial charge in [0.1, 0.15) is 11.3 Å². The number of esters is 1. The van der Waals surface area contributed by atoms with Gasteiger partial charge in [-0.05, 0) is 41.4 Å². The van der Waals surface area contributed by atoms with E-state index in [1.54, 1.807) is 14.0 Å². The number of benzene rings is 1. The van der Waals surface area contributed by atoms with Crippen molar-refractivity contribution >= 4 is 32.8 Å².